The second kappa shape index (κ2) is 5.26. The van der Waals surface area contributed by atoms with E-state index in [0.29, 0.717) is 5.92 Å². The third kappa shape index (κ3) is 2.23. The monoisotopic (exact) mass is 248 g/mol. The number of nitrogens with one attached hydrogen (secondary N) is 1. The molecule has 1 aromatic rings. The van der Waals surface area contributed by atoms with Crippen LogP contribution >= 0.6 is 0 Å². The van der Waals surface area contributed by atoms with Crippen molar-refractivity contribution in [2.45, 2.75) is 25.3 Å². The van der Waals surface area contributed by atoms with Crippen molar-refractivity contribution in [1.82, 2.24) is 5.43 Å². The van der Waals surface area contributed by atoms with Crippen LogP contribution in [-0.4, -0.2) is 19.8 Å². The van der Waals surface area contributed by atoms with E-state index in [2.05, 4.69) is 23.6 Å². The van der Waals surface area contributed by atoms with Gasteiger partial charge >= 0.3 is 0 Å². The molecular formula is C14H20N2O2. The lowest BCUT2D eigenvalue weighted by molar-refractivity contribution is 0.181. The number of hydrogen-bond acceptors (Lipinski definition) is 4. The largest absolute Gasteiger partial charge is 0.493 e. The smallest absolute Gasteiger partial charge is 0.127 e. The van der Waals surface area contributed by atoms with E-state index in [-0.39, 0.29) is 6.04 Å². The maximum absolute atomic E-state index is 5.75. The molecule has 4 nitrogen and oxygen atoms in total. The second-order valence-electron chi connectivity index (χ2n) is 5.12. The normalized spacial score (nSPS) is 23.7. The van der Waals surface area contributed by atoms with E-state index in [1.165, 1.54) is 11.1 Å². The molecule has 2 atom stereocenters. The Bertz CT molecular complexity index is 416. The van der Waals surface area contributed by atoms with Crippen molar-refractivity contribution in [3.63, 3.8) is 0 Å². The van der Waals surface area contributed by atoms with E-state index in [1.54, 1.807) is 0 Å². The molecule has 1 saturated heterocycles. The molecule has 4 heteroatoms. The van der Waals surface area contributed by atoms with Gasteiger partial charge in [0.05, 0.1) is 6.61 Å². The van der Waals surface area contributed by atoms with E-state index < -0.39 is 0 Å². The second-order valence-corrected chi connectivity index (χ2v) is 5.12. The molecule has 3 N–H and O–H groups in total. The average molecular weight is 248 g/mol. The molecule has 18 heavy (non-hydrogen) atoms. The maximum Gasteiger partial charge on any atom is 0.127 e. The number of ether oxygens (including phenoxy) is 2. The third-order valence-corrected chi connectivity index (χ3v) is 3.91. The van der Waals surface area contributed by atoms with Crippen molar-refractivity contribution in [3.05, 3.63) is 29.3 Å². The summed E-state index contributed by atoms with van der Waals surface area (Å²) in [4.78, 5) is 0. The molecule has 1 aromatic carbocycles. The lowest BCUT2D eigenvalue weighted by Crippen LogP contribution is -2.30. The first-order valence-electron chi connectivity index (χ1n) is 6.67. The highest BCUT2D eigenvalue weighted by atomic mass is 16.5. The Morgan fingerprint density at radius 3 is 3.11 bits per heavy atom. The molecule has 1 fully saturated rings. The number of hydrogen-bond donors (Lipinski definition) is 2. The number of nitrogens with two attached hydrogens (primary N) is 1. The fourth-order valence-electron chi connectivity index (χ4n) is 2.90. The molecule has 0 radical (unpaired) electrons. The van der Waals surface area contributed by atoms with Gasteiger partial charge < -0.3 is 9.47 Å². The van der Waals surface area contributed by atoms with Crippen LogP contribution in [0.3, 0.4) is 0 Å². The van der Waals surface area contributed by atoms with Crippen LogP contribution in [0.25, 0.3) is 0 Å². The number of benzene rings is 1. The van der Waals surface area contributed by atoms with Crippen molar-refractivity contribution >= 4 is 0 Å². The number of para-hydroxylation sites is 1. The lowest BCUT2D eigenvalue weighted by Gasteiger charge is -2.21. The van der Waals surface area contributed by atoms with E-state index in [0.717, 1.165) is 44.8 Å². The van der Waals surface area contributed by atoms with Crippen molar-refractivity contribution in [3.8, 4) is 5.75 Å². The van der Waals surface area contributed by atoms with Crippen LogP contribution in [0.5, 0.6) is 5.75 Å². The predicted octanol–water partition coefficient (Wildman–Crippen LogP) is 1.55. The number of fused-ring (bicyclic) bond motifs is 1. The van der Waals surface area contributed by atoms with E-state index in [9.17, 15) is 0 Å². The Labute approximate surface area is 107 Å². The molecule has 2 unspecified atom stereocenters. The Balaban J connectivity index is 1.80. The molecule has 0 aliphatic carbocycles. The average Bonchev–Trinajstić information content (AvgIpc) is 3.06. The molecule has 0 aromatic heterocycles. The molecule has 3 rings (SSSR count). The van der Waals surface area contributed by atoms with Gasteiger partial charge in [-0.25, -0.2) is 0 Å². The highest BCUT2D eigenvalue weighted by Crippen LogP contribution is 2.36. The molecular weight excluding hydrogens is 228 g/mol. The predicted molar refractivity (Wildman–Crippen MR) is 69.2 cm³/mol. The molecule has 0 saturated carbocycles. The van der Waals surface area contributed by atoms with Crippen molar-refractivity contribution < 1.29 is 9.47 Å². The zero-order valence-corrected chi connectivity index (χ0v) is 10.5. The van der Waals surface area contributed by atoms with Gasteiger partial charge in [0.15, 0.2) is 0 Å². The topological polar surface area (TPSA) is 56.5 Å². The van der Waals surface area contributed by atoms with Gasteiger partial charge in [0.2, 0.25) is 0 Å². The summed E-state index contributed by atoms with van der Waals surface area (Å²) in [6, 6.07) is 6.51. The fourth-order valence-corrected chi connectivity index (χ4v) is 2.90. The van der Waals surface area contributed by atoms with Gasteiger partial charge in [-0.05, 0) is 24.3 Å². The standard InChI is InChI=1S/C14H20N2O2/c15-16-13(8-10-4-6-17-9-10)12-3-1-2-11-5-7-18-14(11)12/h1-3,10,13,16H,4-9,15H2. The Morgan fingerprint density at radius 1 is 1.39 bits per heavy atom. The molecule has 0 bridgehead atoms. The summed E-state index contributed by atoms with van der Waals surface area (Å²) in [7, 11) is 0. The van der Waals surface area contributed by atoms with Gasteiger partial charge in [0.1, 0.15) is 5.75 Å². The van der Waals surface area contributed by atoms with Crippen molar-refractivity contribution in [1.29, 1.82) is 0 Å². The van der Waals surface area contributed by atoms with Crippen LogP contribution in [0.15, 0.2) is 18.2 Å². The van der Waals surface area contributed by atoms with Gasteiger partial charge in [-0.2, -0.15) is 0 Å². The van der Waals surface area contributed by atoms with Crippen molar-refractivity contribution in [2.75, 3.05) is 19.8 Å². The van der Waals surface area contributed by atoms with Crippen LogP contribution in [0.2, 0.25) is 0 Å². The maximum atomic E-state index is 5.75. The summed E-state index contributed by atoms with van der Waals surface area (Å²) in [6.07, 6.45) is 3.15. The zero-order valence-electron chi connectivity index (χ0n) is 10.5. The summed E-state index contributed by atoms with van der Waals surface area (Å²) in [6.45, 7) is 2.52. The molecule has 0 spiro atoms. The fraction of sp³-hybridized carbons (Fsp3) is 0.571. The number of hydrazine groups is 1. The van der Waals surface area contributed by atoms with Crippen LogP contribution < -0.4 is 16.0 Å². The first kappa shape index (κ1) is 12.0. The van der Waals surface area contributed by atoms with E-state index in [4.69, 9.17) is 15.3 Å². The summed E-state index contributed by atoms with van der Waals surface area (Å²) < 4.78 is 11.2. The Kier molecular flexibility index (Phi) is 3.50. The molecule has 98 valence electrons. The van der Waals surface area contributed by atoms with Crippen LogP contribution in [0, 0.1) is 5.92 Å². The quantitative estimate of drug-likeness (QED) is 0.627. The Hall–Kier alpha value is -1.10. The Morgan fingerprint density at radius 2 is 2.33 bits per heavy atom. The van der Waals surface area contributed by atoms with Gasteiger partial charge in [0.25, 0.3) is 0 Å². The zero-order chi connectivity index (χ0) is 12.4. The SMILES string of the molecule is NNC(CC1CCOC1)c1cccc2c1OCC2. The minimum absolute atomic E-state index is 0.157. The first-order valence-corrected chi connectivity index (χ1v) is 6.67. The summed E-state index contributed by atoms with van der Waals surface area (Å²) in [5.41, 5.74) is 5.43. The van der Waals surface area contributed by atoms with Crippen molar-refractivity contribution in [2.24, 2.45) is 11.8 Å². The minimum atomic E-state index is 0.157. The van der Waals surface area contributed by atoms with Crippen LogP contribution in [-0.2, 0) is 11.2 Å². The molecule has 2 aliphatic heterocycles. The summed E-state index contributed by atoms with van der Waals surface area (Å²) in [5.74, 6) is 7.37. The third-order valence-electron chi connectivity index (χ3n) is 3.91. The molecule has 0 amide bonds. The first-order chi connectivity index (χ1) is 8.88. The summed E-state index contributed by atoms with van der Waals surface area (Å²) >= 11 is 0. The van der Waals surface area contributed by atoms with Gasteiger partial charge in [0, 0.05) is 31.2 Å². The highest BCUT2D eigenvalue weighted by Gasteiger charge is 2.25. The van der Waals surface area contributed by atoms with Gasteiger partial charge in [-0.15, -0.1) is 0 Å². The van der Waals surface area contributed by atoms with Gasteiger partial charge in [-0.3, -0.25) is 11.3 Å². The molecule has 2 aliphatic rings. The van der Waals surface area contributed by atoms with E-state index in [1.807, 2.05) is 0 Å². The van der Waals surface area contributed by atoms with E-state index >= 15 is 0 Å². The van der Waals surface area contributed by atoms with Crippen LogP contribution in [0.1, 0.15) is 30.0 Å². The summed E-state index contributed by atoms with van der Waals surface area (Å²) in [5, 5.41) is 0. The highest BCUT2D eigenvalue weighted by molar-refractivity contribution is 5.45. The number of rotatable bonds is 4. The molecule has 2 heterocycles. The van der Waals surface area contributed by atoms with Gasteiger partial charge in [-0.1, -0.05) is 18.2 Å². The minimum Gasteiger partial charge on any atom is -0.493 e. The lowest BCUT2D eigenvalue weighted by atomic mass is 9.93. The van der Waals surface area contributed by atoms with Crippen LogP contribution in [0.4, 0.5) is 0 Å².